The summed E-state index contributed by atoms with van der Waals surface area (Å²) in [5, 5.41) is 0. The first-order valence-electron chi connectivity index (χ1n) is 10.9. The summed E-state index contributed by atoms with van der Waals surface area (Å²) < 4.78 is 6.77. The molecule has 1 nitrogen and oxygen atoms in total. The Bertz CT molecular complexity index is 786. The Morgan fingerprint density at radius 2 is 0.759 bits per heavy atom. The first-order chi connectivity index (χ1) is 12.9. The normalized spacial score (nSPS) is 13.5. The van der Waals surface area contributed by atoms with Gasteiger partial charge in [-0.1, -0.05) is 107 Å². The SMILES string of the molecule is CC(C)(C)c1cccc(Oc2cccc(C(C)(C)C)c2C(C)(C)C)c1C(C)(C)C. The molecule has 0 aliphatic heterocycles. The number of hydrogen-bond acceptors (Lipinski definition) is 1. The van der Waals surface area contributed by atoms with Crippen LogP contribution in [-0.4, -0.2) is 0 Å². The number of benzene rings is 2. The molecule has 0 saturated carbocycles. The van der Waals surface area contributed by atoms with Crippen LogP contribution in [-0.2, 0) is 21.7 Å². The van der Waals surface area contributed by atoms with Crippen LogP contribution in [0.2, 0.25) is 0 Å². The average molecular weight is 395 g/mol. The van der Waals surface area contributed by atoms with Gasteiger partial charge in [-0.2, -0.15) is 0 Å². The van der Waals surface area contributed by atoms with Crippen molar-refractivity contribution in [3.63, 3.8) is 0 Å². The number of ether oxygens (including phenoxy) is 1. The molecule has 160 valence electrons. The Morgan fingerprint density at radius 1 is 0.448 bits per heavy atom. The fourth-order valence-electron chi connectivity index (χ4n) is 4.15. The van der Waals surface area contributed by atoms with Crippen molar-refractivity contribution in [2.24, 2.45) is 0 Å². The minimum atomic E-state index is -0.0112. The molecular formula is C28H42O. The Morgan fingerprint density at radius 3 is 1.00 bits per heavy atom. The third-order valence-corrected chi connectivity index (χ3v) is 5.39. The van der Waals surface area contributed by atoms with Gasteiger partial charge in [0.05, 0.1) is 0 Å². The van der Waals surface area contributed by atoms with Crippen LogP contribution < -0.4 is 4.74 Å². The largest absolute Gasteiger partial charge is 0.457 e. The first kappa shape index (κ1) is 23.5. The van der Waals surface area contributed by atoms with Gasteiger partial charge >= 0.3 is 0 Å². The zero-order chi connectivity index (χ0) is 22.4. The van der Waals surface area contributed by atoms with E-state index in [1.807, 2.05) is 0 Å². The topological polar surface area (TPSA) is 9.23 Å². The second-order valence-corrected chi connectivity index (χ2v) is 12.5. The first-order valence-corrected chi connectivity index (χ1v) is 10.9. The third-order valence-electron chi connectivity index (χ3n) is 5.39. The molecule has 0 aliphatic rings. The molecule has 0 aromatic heterocycles. The molecule has 0 amide bonds. The van der Waals surface area contributed by atoms with Crippen LogP contribution in [0.1, 0.15) is 105 Å². The van der Waals surface area contributed by atoms with Crippen molar-refractivity contribution in [2.75, 3.05) is 0 Å². The van der Waals surface area contributed by atoms with Gasteiger partial charge in [0.1, 0.15) is 11.5 Å². The molecule has 2 rings (SSSR count). The van der Waals surface area contributed by atoms with E-state index >= 15 is 0 Å². The molecule has 0 saturated heterocycles. The van der Waals surface area contributed by atoms with Crippen LogP contribution in [0.3, 0.4) is 0 Å². The van der Waals surface area contributed by atoms with E-state index in [9.17, 15) is 0 Å². The summed E-state index contributed by atoms with van der Waals surface area (Å²) in [6.45, 7) is 27.4. The molecule has 2 aromatic carbocycles. The van der Waals surface area contributed by atoms with Gasteiger partial charge in [-0.05, 0) is 44.9 Å². The van der Waals surface area contributed by atoms with E-state index in [0.29, 0.717) is 0 Å². The van der Waals surface area contributed by atoms with Gasteiger partial charge in [-0.3, -0.25) is 0 Å². The van der Waals surface area contributed by atoms with Gasteiger partial charge in [0, 0.05) is 11.1 Å². The molecular weight excluding hydrogens is 352 g/mol. The second-order valence-electron chi connectivity index (χ2n) is 12.5. The average Bonchev–Trinajstić information content (AvgIpc) is 2.50. The Kier molecular flexibility index (Phi) is 6.07. The lowest BCUT2D eigenvalue weighted by Crippen LogP contribution is -2.24. The van der Waals surface area contributed by atoms with Crippen LogP contribution >= 0.6 is 0 Å². The van der Waals surface area contributed by atoms with Gasteiger partial charge < -0.3 is 4.74 Å². The van der Waals surface area contributed by atoms with Gasteiger partial charge in [0.2, 0.25) is 0 Å². The van der Waals surface area contributed by atoms with E-state index in [2.05, 4.69) is 119 Å². The van der Waals surface area contributed by atoms with Gasteiger partial charge in [0.25, 0.3) is 0 Å². The van der Waals surface area contributed by atoms with Crippen LogP contribution in [0.15, 0.2) is 36.4 Å². The highest BCUT2D eigenvalue weighted by molar-refractivity contribution is 5.53. The van der Waals surface area contributed by atoms with E-state index in [1.165, 1.54) is 22.3 Å². The van der Waals surface area contributed by atoms with Gasteiger partial charge in [0.15, 0.2) is 0 Å². The summed E-state index contributed by atoms with van der Waals surface area (Å²) in [6, 6.07) is 13.0. The third kappa shape index (κ3) is 5.24. The lowest BCUT2D eigenvalue weighted by Gasteiger charge is -2.34. The van der Waals surface area contributed by atoms with E-state index in [1.54, 1.807) is 0 Å². The molecule has 0 heterocycles. The fraction of sp³-hybridized carbons (Fsp3) is 0.571. The lowest BCUT2D eigenvalue weighted by atomic mass is 9.74. The Hall–Kier alpha value is -1.76. The lowest BCUT2D eigenvalue weighted by molar-refractivity contribution is 0.421. The van der Waals surface area contributed by atoms with E-state index in [-0.39, 0.29) is 21.7 Å². The molecule has 0 unspecified atom stereocenters. The van der Waals surface area contributed by atoms with E-state index < -0.39 is 0 Å². The smallest absolute Gasteiger partial charge is 0.131 e. The molecule has 0 N–H and O–H groups in total. The number of hydrogen-bond donors (Lipinski definition) is 0. The maximum absolute atomic E-state index is 6.77. The zero-order valence-electron chi connectivity index (χ0n) is 20.9. The van der Waals surface area contributed by atoms with Crippen molar-refractivity contribution in [2.45, 2.75) is 105 Å². The minimum absolute atomic E-state index is 0.0112. The van der Waals surface area contributed by atoms with Crippen LogP contribution in [0.4, 0.5) is 0 Å². The summed E-state index contributed by atoms with van der Waals surface area (Å²) in [5.74, 6) is 1.95. The summed E-state index contributed by atoms with van der Waals surface area (Å²) in [6.07, 6.45) is 0. The summed E-state index contributed by atoms with van der Waals surface area (Å²) in [7, 11) is 0. The maximum atomic E-state index is 6.77. The van der Waals surface area contributed by atoms with Gasteiger partial charge in [-0.15, -0.1) is 0 Å². The molecule has 0 bridgehead atoms. The second kappa shape index (κ2) is 7.49. The van der Waals surface area contributed by atoms with Crippen LogP contribution in [0.5, 0.6) is 11.5 Å². The maximum Gasteiger partial charge on any atom is 0.131 e. The fourth-order valence-corrected chi connectivity index (χ4v) is 4.15. The highest BCUT2D eigenvalue weighted by atomic mass is 16.5. The summed E-state index contributed by atoms with van der Waals surface area (Å²) >= 11 is 0. The highest BCUT2D eigenvalue weighted by Crippen LogP contribution is 2.45. The van der Waals surface area contributed by atoms with E-state index in [0.717, 1.165) is 11.5 Å². The number of rotatable bonds is 2. The molecule has 0 radical (unpaired) electrons. The Labute approximate surface area is 179 Å². The van der Waals surface area contributed by atoms with Gasteiger partial charge in [-0.25, -0.2) is 0 Å². The highest BCUT2D eigenvalue weighted by Gasteiger charge is 2.31. The molecule has 0 aliphatic carbocycles. The van der Waals surface area contributed by atoms with Crippen molar-refractivity contribution < 1.29 is 4.74 Å². The molecule has 2 aromatic rings. The molecule has 1 heteroatoms. The monoisotopic (exact) mass is 394 g/mol. The molecule has 0 atom stereocenters. The van der Waals surface area contributed by atoms with Crippen LogP contribution in [0, 0.1) is 0 Å². The minimum Gasteiger partial charge on any atom is -0.457 e. The van der Waals surface area contributed by atoms with E-state index in [4.69, 9.17) is 4.74 Å². The van der Waals surface area contributed by atoms with Crippen LogP contribution in [0.25, 0.3) is 0 Å². The molecule has 29 heavy (non-hydrogen) atoms. The standard InChI is InChI=1S/C28H42O/c1-25(2,3)19-15-13-17-21(23(19)27(7,8)9)29-22-18-14-16-20(26(4,5)6)24(22)28(10,11)12/h13-18H,1-12H3. The van der Waals surface area contributed by atoms with Crippen molar-refractivity contribution in [1.29, 1.82) is 0 Å². The summed E-state index contributed by atoms with van der Waals surface area (Å²) in [5.41, 5.74) is 5.40. The predicted octanol–water partition coefficient (Wildman–Crippen LogP) is 8.67. The predicted molar refractivity (Wildman–Crippen MR) is 128 cm³/mol. The van der Waals surface area contributed by atoms with Crippen molar-refractivity contribution in [3.05, 3.63) is 58.7 Å². The summed E-state index contributed by atoms with van der Waals surface area (Å²) in [4.78, 5) is 0. The molecule has 0 spiro atoms. The van der Waals surface area contributed by atoms with Crippen molar-refractivity contribution >= 4 is 0 Å². The Balaban J connectivity index is 2.77. The zero-order valence-corrected chi connectivity index (χ0v) is 20.9. The van der Waals surface area contributed by atoms with Crippen molar-refractivity contribution in [3.8, 4) is 11.5 Å². The van der Waals surface area contributed by atoms with Crippen molar-refractivity contribution in [1.82, 2.24) is 0 Å². The molecule has 0 fully saturated rings. The quantitative estimate of drug-likeness (QED) is 0.495.